The smallest absolute Gasteiger partial charge is 0.209 e. The number of nitrogens with one attached hydrogen (secondary N) is 1. The second-order valence-corrected chi connectivity index (χ2v) is 7.89. The molecule has 0 saturated carbocycles. The molecule has 2 heterocycles. The van der Waals surface area contributed by atoms with E-state index < -0.39 is 0 Å². The molecule has 1 N–H and O–H groups in total. The Morgan fingerprint density at radius 2 is 1.92 bits per heavy atom. The third-order valence-electron chi connectivity index (χ3n) is 4.66. The third-order valence-corrected chi connectivity index (χ3v) is 4.66. The molecule has 0 amide bonds. The fourth-order valence-electron chi connectivity index (χ4n) is 3.20. The zero-order valence-corrected chi connectivity index (χ0v) is 15.3. The van der Waals surface area contributed by atoms with E-state index in [2.05, 4.69) is 87.1 Å². The average Bonchev–Trinajstić information content (AvgIpc) is 3.05. The summed E-state index contributed by atoms with van der Waals surface area (Å²) in [6.45, 7) is 10.8. The maximum atomic E-state index is 5.40. The number of anilines is 1. The summed E-state index contributed by atoms with van der Waals surface area (Å²) < 4.78 is 7.65. The maximum absolute atomic E-state index is 5.40. The van der Waals surface area contributed by atoms with Crippen LogP contribution in [0.1, 0.15) is 45.9 Å². The Morgan fingerprint density at radius 1 is 1.21 bits per heavy atom. The minimum atomic E-state index is -0.0410. The van der Waals surface area contributed by atoms with E-state index in [1.54, 1.807) is 0 Å². The van der Waals surface area contributed by atoms with E-state index >= 15 is 0 Å². The SMILES string of the molecule is C[N+]1=C(C=CNc2cc(C(C)(C)C)on2)C(C)(C)c2ccccc21. The van der Waals surface area contributed by atoms with E-state index in [0.717, 1.165) is 11.6 Å². The topological polar surface area (TPSA) is 41.1 Å². The standard InChI is InChI=1S/C20H25N3O/c1-19(2,3)17-13-18(22-24-17)21-12-11-16-20(4,5)14-9-7-8-10-15(14)23(16)6/h7-13H,1-6H3/p+1. The molecule has 126 valence electrons. The molecular weight excluding hydrogens is 298 g/mol. The Hall–Kier alpha value is -2.36. The van der Waals surface area contributed by atoms with Gasteiger partial charge in [0.05, 0.1) is 5.41 Å². The molecule has 4 heteroatoms. The van der Waals surface area contributed by atoms with Gasteiger partial charge in [-0.25, -0.2) is 0 Å². The lowest BCUT2D eigenvalue weighted by Gasteiger charge is -2.15. The van der Waals surface area contributed by atoms with Crippen molar-refractivity contribution < 1.29 is 9.10 Å². The first-order chi connectivity index (χ1) is 11.2. The summed E-state index contributed by atoms with van der Waals surface area (Å²) >= 11 is 0. The van der Waals surface area contributed by atoms with Gasteiger partial charge in [-0.15, -0.1) is 0 Å². The van der Waals surface area contributed by atoms with Gasteiger partial charge in [0.2, 0.25) is 5.69 Å². The molecule has 2 aromatic rings. The Kier molecular flexibility index (Phi) is 3.86. The van der Waals surface area contributed by atoms with E-state index in [1.807, 2.05) is 12.3 Å². The van der Waals surface area contributed by atoms with Crippen molar-refractivity contribution in [2.24, 2.45) is 0 Å². The molecule has 0 unspecified atom stereocenters. The van der Waals surface area contributed by atoms with Crippen molar-refractivity contribution in [1.29, 1.82) is 0 Å². The lowest BCUT2D eigenvalue weighted by molar-refractivity contribution is -0.401. The first kappa shape index (κ1) is 16.5. The molecule has 0 atom stereocenters. The van der Waals surface area contributed by atoms with Crippen LogP contribution < -0.4 is 5.32 Å². The molecule has 0 radical (unpaired) electrons. The molecule has 1 aromatic heterocycles. The number of para-hydroxylation sites is 1. The van der Waals surface area contributed by atoms with E-state index in [1.165, 1.54) is 17.0 Å². The van der Waals surface area contributed by atoms with Gasteiger partial charge in [0.1, 0.15) is 12.8 Å². The molecule has 24 heavy (non-hydrogen) atoms. The van der Waals surface area contributed by atoms with Crippen LogP contribution in [0.15, 0.2) is 47.1 Å². The lowest BCUT2D eigenvalue weighted by atomic mass is 9.81. The molecule has 4 nitrogen and oxygen atoms in total. The van der Waals surface area contributed by atoms with Gasteiger partial charge < -0.3 is 9.84 Å². The highest BCUT2D eigenvalue weighted by atomic mass is 16.5. The van der Waals surface area contributed by atoms with Crippen LogP contribution >= 0.6 is 0 Å². The summed E-state index contributed by atoms with van der Waals surface area (Å²) in [6.07, 6.45) is 4.05. The number of nitrogens with zero attached hydrogens (tertiary/aromatic N) is 2. The fourth-order valence-corrected chi connectivity index (χ4v) is 3.20. The Morgan fingerprint density at radius 3 is 2.54 bits per heavy atom. The summed E-state index contributed by atoms with van der Waals surface area (Å²) in [7, 11) is 2.11. The van der Waals surface area contributed by atoms with Crippen molar-refractivity contribution in [2.75, 3.05) is 12.4 Å². The second-order valence-electron chi connectivity index (χ2n) is 7.89. The number of aromatic nitrogens is 1. The molecular formula is C20H26N3O+. The lowest BCUT2D eigenvalue weighted by Crippen LogP contribution is -2.26. The van der Waals surface area contributed by atoms with Gasteiger partial charge in [0, 0.05) is 35.4 Å². The third kappa shape index (κ3) is 2.77. The fraction of sp³-hybridized carbons (Fsp3) is 0.400. The highest BCUT2D eigenvalue weighted by Crippen LogP contribution is 2.38. The molecule has 0 aliphatic carbocycles. The van der Waals surface area contributed by atoms with Crippen molar-refractivity contribution in [1.82, 2.24) is 5.16 Å². The summed E-state index contributed by atoms with van der Waals surface area (Å²) in [5, 5.41) is 7.30. The molecule has 1 aliphatic rings. The van der Waals surface area contributed by atoms with Crippen LogP contribution in [0.4, 0.5) is 11.5 Å². The van der Waals surface area contributed by atoms with Crippen LogP contribution in [0.2, 0.25) is 0 Å². The van der Waals surface area contributed by atoms with E-state index in [-0.39, 0.29) is 10.8 Å². The summed E-state index contributed by atoms with van der Waals surface area (Å²) in [5.74, 6) is 1.60. The van der Waals surface area contributed by atoms with Crippen LogP contribution in [0.5, 0.6) is 0 Å². The number of fused-ring (bicyclic) bond motifs is 1. The van der Waals surface area contributed by atoms with Crippen LogP contribution in [0.3, 0.4) is 0 Å². The quantitative estimate of drug-likeness (QED) is 0.839. The van der Waals surface area contributed by atoms with Crippen molar-refractivity contribution in [3.63, 3.8) is 0 Å². The van der Waals surface area contributed by atoms with Gasteiger partial charge in [-0.2, -0.15) is 4.58 Å². The zero-order valence-electron chi connectivity index (χ0n) is 15.3. The first-order valence-electron chi connectivity index (χ1n) is 8.32. The Bertz CT molecular complexity index is 819. The van der Waals surface area contributed by atoms with E-state index in [9.17, 15) is 0 Å². The summed E-state index contributed by atoms with van der Waals surface area (Å²) in [6, 6.07) is 10.5. The first-order valence-corrected chi connectivity index (χ1v) is 8.32. The molecule has 1 aromatic carbocycles. The number of allylic oxidation sites excluding steroid dienone is 1. The summed E-state index contributed by atoms with van der Waals surface area (Å²) in [5.41, 5.74) is 3.79. The largest absolute Gasteiger partial charge is 0.359 e. The molecule has 3 rings (SSSR count). The predicted molar refractivity (Wildman–Crippen MR) is 98.3 cm³/mol. The Labute approximate surface area is 143 Å². The highest BCUT2D eigenvalue weighted by molar-refractivity contribution is 6.03. The van der Waals surface area contributed by atoms with Crippen LogP contribution in [-0.4, -0.2) is 22.5 Å². The molecule has 1 aliphatic heterocycles. The minimum absolute atomic E-state index is 0.0239. The average molecular weight is 324 g/mol. The minimum Gasteiger partial charge on any atom is -0.359 e. The highest BCUT2D eigenvalue weighted by Gasteiger charge is 2.42. The van der Waals surface area contributed by atoms with Crippen molar-refractivity contribution in [3.8, 4) is 0 Å². The van der Waals surface area contributed by atoms with Gasteiger partial charge in [-0.1, -0.05) is 44.1 Å². The molecule has 0 spiro atoms. The van der Waals surface area contributed by atoms with Crippen molar-refractivity contribution in [3.05, 3.63) is 53.9 Å². The maximum Gasteiger partial charge on any atom is 0.209 e. The number of rotatable bonds is 3. The number of hydrogen-bond donors (Lipinski definition) is 1. The second kappa shape index (κ2) is 5.62. The van der Waals surface area contributed by atoms with Crippen molar-refractivity contribution in [2.45, 2.75) is 45.4 Å². The van der Waals surface area contributed by atoms with Gasteiger partial charge in [-0.3, -0.25) is 0 Å². The number of benzene rings is 1. The zero-order chi connectivity index (χ0) is 17.5. The summed E-state index contributed by atoms with van der Waals surface area (Å²) in [4.78, 5) is 0. The Balaban J connectivity index is 1.80. The number of hydrogen-bond acceptors (Lipinski definition) is 3. The van der Waals surface area contributed by atoms with Crippen LogP contribution in [0, 0.1) is 0 Å². The van der Waals surface area contributed by atoms with Crippen molar-refractivity contribution >= 4 is 17.2 Å². The van der Waals surface area contributed by atoms with Gasteiger partial charge >= 0.3 is 0 Å². The van der Waals surface area contributed by atoms with Crippen LogP contribution in [-0.2, 0) is 10.8 Å². The molecule has 0 saturated heterocycles. The normalized spacial score (nSPS) is 16.8. The predicted octanol–water partition coefficient (Wildman–Crippen LogP) is 4.60. The molecule has 0 bridgehead atoms. The van der Waals surface area contributed by atoms with Gasteiger partial charge in [-0.05, 0) is 13.8 Å². The van der Waals surface area contributed by atoms with Gasteiger partial charge in [0.25, 0.3) is 0 Å². The van der Waals surface area contributed by atoms with Gasteiger partial charge in [0.15, 0.2) is 11.5 Å². The van der Waals surface area contributed by atoms with Crippen LogP contribution in [0.25, 0.3) is 0 Å². The van der Waals surface area contributed by atoms with E-state index in [4.69, 9.17) is 4.52 Å². The monoisotopic (exact) mass is 324 g/mol. The molecule has 0 fully saturated rings. The van der Waals surface area contributed by atoms with E-state index in [0.29, 0.717) is 0 Å².